The minimum absolute atomic E-state index is 0.0357. The molecule has 0 radical (unpaired) electrons. The molecule has 0 saturated carbocycles. The second kappa shape index (κ2) is 5.38. The minimum Gasteiger partial charge on any atom is -0.299 e. The largest absolute Gasteiger partial charge is 0.299 e. The Bertz CT molecular complexity index is 1310. The smallest absolute Gasteiger partial charge is 0.147 e. The topological polar surface area (TPSA) is 30.2 Å². The number of rotatable bonds is 0. The van der Waals surface area contributed by atoms with Crippen LogP contribution >= 0.6 is 0 Å². The molecule has 0 N–H and O–H groups in total. The molecule has 3 nitrogen and oxygen atoms in total. The third-order valence-electron chi connectivity index (χ3n) is 6.73. The maximum Gasteiger partial charge on any atom is 0.147 e. The highest BCUT2D eigenvalue weighted by molar-refractivity contribution is 5.98. The van der Waals surface area contributed by atoms with Gasteiger partial charge >= 0.3 is 0 Å². The number of fused-ring (bicyclic) bond motifs is 7. The van der Waals surface area contributed by atoms with Crippen molar-refractivity contribution < 1.29 is 0 Å². The van der Waals surface area contributed by atoms with E-state index >= 15 is 0 Å². The number of hydrogen-bond acceptors (Lipinski definition) is 2. The zero-order valence-corrected chi connectivity index (χ0v) is 18.9. The number of aromatic nitrogens is 3. The quantitative estimate of drug-likeness (QED) is 0.341. The van der Waals surface area contributed by atoms with Crippen molar-refractivity contribution in [2.75, 3.05) is 0 Å². The van der Waals surface area contributed by atoms with Crippen LogP contribution in [-0.4, -0.2) is 14.4 Å². The summed E-state index contributed by atoms with van der Waals surface area (Å²) >= 11 is 0. The predicted molar refractivity (Wildman–Crippen MR) is 122 cm³/mol. The van der Waals surface area contributed by atoms with E-state index in [-0.39, 0.29) is 16.2 Å². The van der Waals surface area contributed by atoms with Gasteiger partial charge in [-0.2, -0.15) is 0 Å². The van der Waals surface area contributed by atoms with Crippen LogP contribution in [0.25, 0.3) is 27.6 Å². The molecule has 150 valence electrons. The van der Waals surface area contributed by atoms with Crippen molar-refractivity contribution in [1.29, 1.82) is 0 Å². The van der Waals surface area contributed by atoms with Gasteiger partial charge in [0.2, 0.25) is 0 Å². The minimum atomic E-state index is 0.0357. The van der Waals surface area contributed by atoms with E-state index in [1.54, 1.807) is 0 Å². The molecule has 1 aliphatic carbocycles. The summed E-state index contributed by atoms with van der Waals surface area (Å²) in [5.74, 6) is 0. The molecule has 0 amide bonds. The van der Waals surface area contributed by atoms with Crippen molar-refractivity contribution in [2.45, 2.75) is 78.1 Å². The number of benzene rings is 1. The maximum atomic E-state index is 5.11. The zero-order valence-electron chi connectivity index (χ0n) is 18.9. The summed E-state index contributed by atoms with van der Waals surface area (Å²) in [6.45, 7) is 18.4. The summed E-state index contributed by atoms with van der Waals surface area (Å²) in [6, 6.07) is 8.79. The molecule has 1 aliphatic rings. The molecule has 0 spiro atoms. The first-order valence-electron chi connectivity index (χ1n) is 10.7. The fraction of sp³-hybridized carbons (Fsp3) is 0.462. The molecule has 0 atom stereocenters. The van der Waals surface area contributed by atoms with E-state index in [2.05, 4.69) is 90.3 Å². The molecule has 0 bridgehead atoms. The summed E-state index contributed by atoms with van der Waals surface area (Å²) in [6.07, 6.45) is 3.33. The van der Waals surface area contributed by atoms with Gasteiger partial charge in [-0.25, -0.2) is 4.98 Å². The first-order valence-corrected chi connectivity index (χ1v) is 10.7. The molecule has 3 heteroatoms. The molecular formula is C26H31N3. The van der Waals surface area contributed by atoms with Gasteiger partial charge in [0.15, 0.2) is 0 Å². The third kappa shape index (κ3) is 2.49. The van der Waals surface area contributed by atoms with Crippen LogP contribution in [0.15, 0.2) is 30.5 Å². The van der Waals surface area contributed by atoms with Crippen molar-refractivity contribution in [3.8, 4) is 0 Å². The number of pyridine rings is 2. The normalized spacial score (nSPS) is 18.1. The van der Waals surface area contributed by atoms with Gasteiger partial charge in [-0.05, 0) is 65.1 Å². The lowest BCUT2D eigenvalue weighted by molar-refractivity contribution is 0.403. The average Bonchev–Trinajstić information content (AvgIpc) is 3.04. The van der Waals surface area contributed by atoms with E-state index in [9.17, 15) is 0 Å². The monoisotopic (exact) mass is 385 g/mol. The highest BCUT2D eigenvalue weighted by atomic mass is 15.0. The van der Waals surface area contributed by atoms with Crippen molar-refractivity contribution in [3.05, 3.63) is 52.8 Å². The Kier molecular flexibility index (Phi) is 3.45. The second-order valence-corrected chi connectivity index (χ2v) is 11.3. The van der Waals surface area contributed by atoms with Crippen molar-refractivity contribution in [3.63, 3.8) is 0 Å². The Morgan fingerprint density at radius 2 is 1.59 bits per heavy atom. The van der Waals surface area contributed by atoms with Crippen LogP contribution in [0.1, 0.15) is 77.3 Å². The SMILES string of the molecule is Cc1cc2nc3c4ccc(C(C)(C)C)nc4ccn3c2c2c1C(C)(C)CC2(C)C. The number of nitrogens with zero attached hydrogens (tertiary/aromatic N) is 3. The number of hydrogen-bond donors (Lipinski definition) is 0. The number of imidazole rings is 1. The van der Waals surface area contributed by atoms with Gasteiger partial charge in [0.05, 0.1) is 16.6 Å². The predicted octanol–water partition coefficient (Wildman–Crippen LogP) is 6.60. The van der Waals surface area contributed by atoms with Crippen LogP contribution in [0.4, 0.5) is 0 Å². The highest BCUT2D eigenvalue weighted by Gasteiger charge is 2.44. The van der Waals surface area contributed by atoms with Crippen LogP contribution in [-0.2, 0) is 16.2 Å². The highest BCUT2D eigenvalue weighted by Crippen LogP contribution is 2.53. The van der Waals surface area contributed by atoms with Gasteiger partial charge in [-0.15, -0.1) is 0 Å². The molecule has 1 aromatic carbocycles. The fourth-order valence-electron chi connectivity index (χ4n) is 5.89. The third-order valence-corrected chi connectivity index (χ3v) is 6.73. The van der Waals surface area contributed by atoms with Crippen LogP contribution in [0, 0.1) is 6.92 Å². The summed E-state index contributed by atoms with van der Waals surface area (Å²) in [4.78, 5) is 10.1. The van der Waals surface area contributed by atoms with Crippen molar-refractivity contribution in [2.24, 2.45) is 0 Å². The van der Waals surface area contributed by atoms with Gasteiger partial charge in [-0.1, -0.05) is 48.5 Å². The van der Waals surface area contributed by atoms with Crippen molar-refractivity contribution >= 4 is 27.6 Å². The first kappa shape index (κ1) is 18.6. The molecule has 4 aromatic rings. The van der Waals surface area contributed by atoms with Crippen LogP contribution in [0.5, 0.6) is 0 Å². The van der Waals surface area contributed by atoms with Crippen LogP contribution in [0.2, 0.25) is 0 Å². The lowest BCUT2D eigenvalue weighted by atomic mass is 9.81. The standard InChI is InChI=1S/C26H31N3/c1-15-13-18-22(21-20(15)25(5,6)14-26(21,7)8)29-12-11-17-16(23(29)28-18)9-10-19(27-17)24(2,3)4/h9-13H,14H2,1-8H3. The van der Waals surface area contributed by atoms with E-state index in [0.29, 0.717) is 0 Å². The van der Waals surface area contributed by atoms with E-state index in [1.807, 2.05) is 0 Å². The summed E-state index contributed by atoms with van der Waals surface area (Å²) < 4.78 is 2.30. The Hall–Kier alpha value is -2.42. The Morgan fingerprint density at radius 1 is 0.897 bits per heavy atom. The Morgan fingerprint density at radius 3 is 2.28 bits per heavy atom. The lowest BCUT2D eigenvalue weighted by Gasteiger charge is -2.23. The van der Waals surface area contributed by atoms with Gasteiger partial charge in [-0.3, -0.25) is 9.38 Å². The lowest BCUT2D eigenvalue weighted by Crippen LogP contribution is -2.18. The number of aryl methyl sites for hydroxylation is 1. The molecule has 3 heterocycles. The molecule has 29 heavy (non-hydrogen) atoms. The van der Waals surface area contributed by atoms with E-state index in [4.69, 9.17) is 9.97 Å². The molecule has 0 fully saturated rings. The Balaban J connectivity index is 1.91. The second-order valence-electron chi connectivity index (χ2n) is 11.3. The molecular weight excluding hydrogens is 354 g/mol. The van der Waals surface area contributed by atoms with Gasteiger partial charge < -0.3 is 0 Å². The van der Waals surface area contributed by atoms with E-state index in [1.165, 1.54) is 22.2 Å². The zero-order chi connectivity index (χ0) is 20.9. The van der Waals surface area contributed by atoms with E-state index < -0.39 is 0 Å². The molecule has 0 saturated heterocycles. The van der Waals surface area contributed by atoms with Crippen LogP contribution < -0.4 is 0 Å². The summed E-state index contributed by atoms with van der Waals surface area (Å²) in [5, 5.41) is 1.12. The van der Waals surface area contributed by atoms with Gasteiger partial charge in [0.1, 0.15) is 5.65 Å². The molecule has 3 aromatic heterocycles. The molecule has 0 aliphatic heterocycles. The van der Waals surface area contributed by atoms with Crippen molar-refractivity contribution in [1.82, 2.24) is 14.4 Å². The maximum absolute atomic E-state index is 5.11. The molecule has 0 unspecified atom stereocenters. The first-order chi connectivity index (χ1) is 13.4. The molecule has 5 rings (SSSR count). The summed E-state index contributed by atoms with van der Waals surface area (Å²) in [7, 11) is 0. The Labute approximate surface area is 173 Å². The van der Waals surface area contributed by atoms with Gasteiger partial charge in [0.25, 0.3) is 0 Å². The fourth-order valence-corrected chi connectivity index (χ4v) is 5.89. The van der Waals surface area contributed by atoms with Gasteiger partial charge in [0, 0.05) is 22.7 Å². The van der Waals surface area contributed by atoms with E-state index in [0.717, 1.165) is 34.2 Å². The average molecular weight is 386 g/mol. The van der Waals surface area contributed by atoms with Crippen LogP contribution in [0.3, 0.4) is 0 Å². The summed E-state index contributed by atoms with van der Waals surface area (Å²) in [5.41, 5.74) is 10.2.